The molecule has 0 aliphatic carbocycles. The fourth-order valence-corrected chi connectivity index (χ4v) is 2.37. The molecule has 1 N–H and O–H groups in total. The van der Waals surface area contributed by atoms with Crippen LogP contribution in [0.4, 0.5) is 0 Å². The number of nitrogens with one attached hydrogen (secondary N) is 1. The second-order valence-electron chi connectivity index (χ2n) is 5.38. The molecule has 0 spiro atoms. The summed E-state index contributed by atoms with van der Waals surface area (Å²) in [6.07, 6.45) is 2.15. The van der Waals surface area contributed by atoms with Crippen LogP contribution in [0.25, 0.3) is 11.5 Å². The van der Waals surface area contributed by atoms with Crippen molar-refractivity contribution in [3.8, 4) is 11.5 Å². The number of hydrogen-bond donors (Lipinski definition) is 1. The number of rotatable bonds is 7. The Labute approximate surface area is 126 Å². The van der Waals surface area contributed by atoms with Crippen molar-refractivity contribution in [1.82, 2.24) is 20.4 Å². The van der Waals surface area contributed by atoms with Gasteiger partial charge >= 0.3 is 0 Å². The van der Waals surface area contributed by atoms with E-state index in [1.807, 2.05) is 25.1 Å². The van der Waals surface area contributed by atoms with Crippen LogP contribution >= 0.6 is 0 Å². The second-order valence-corrected chi connectivity index (χ2v) is 5.38. The van der Waals surface area contributed by atoms with E-state index >= 15 is 0 Å². The lowest BCUT2D eigenvalue weighted by molar-refractivity contribution is 0.319. The van der Waals surface area contributed by atoms with Gasteiger partial charge in [0.1, 0.15) is 5.69 Å². The maximum Gasteiger partial charge on any atom is 0.231 e. The Kier molecular flexibility index (Phi) is 5.44. The van der Waals surface area contributed by atoms with Gasteiger partial charge in [-0.25, -0.2) is 4.98 Å². The zero-order valence-corrected chi connectivity index (χ0v) is 13.3. The van der Waals surface area contributed by atoms with Gasteiger partial charge in [-0.2, -0.15) is 4.98 Å². The average Bonchev–Trinajstić information content (AvgIpc) is 2.97. The van der Waals surface area contributed by atoms with Gasteiger partial charge in [-0.3, -0.25) is 0 Å². The van der Waals surface area contributed by atoms with E-state index in [0.29, 0.717) is 17.8 Å². The van der Waals surface area contributed by atoms with E-state index in [4.69, 9.17) is 4.52 Å². The zero-order valence-electron chi connectivity index (χ0n) is 13.3. The van der Waals surface area contributed by atoms with Gasteiger partial charge in [0, 0.05) is 11.7 Å². The highest BCUT2D eigenvalue weighted by Gasteiger charge is 2.23. The molecule has 0 fully saturated rings. The molecule has 0 aliphatic rings. The molecule has 2 atom stereocenters. The van der Waals surface area contributed by atoms with Crippen LogP contribution in [0, 0.1) is 6.92 Å². The van der Waals surface area contributed by atoms with Crippen LogP contribution < -0.4 is 5.32 Å². The van der Waals surface area contributed by atoms with Gasteiger partial charge in [0.25, 0.3) is 0 Å². The Morgan fingerprint density at radius 1 is 1.24 bits per heavy atom. The van der Waals surface area contributed by atoms with Crippen LogP contribution in [0.3, 0.4) is 0 Å². The van der Waals surface area contributed by atoms with E-state index in [1.54, 1.807) is 0 Å². The van der Waals surface area contributed by atoms with Gasteiger partial charge in [-0.05, 0) is 38.4 Å². The van der Waals surface area contributed by atoms with Gasteiger partial charge in [-0.1, -0.05) is 32.0 Å². The van der Waals surface area contributed by atoms with E-state index in [2.05, 4.69) is 41.2 Å². The van der Waals surface area contributed by atoms with Gasteiger partial charge in [0.15, 0.2) is 0 Å². The highest BCUT2D eigenvalue weighted by molar-refractivity contribution is 5.48. The van der Waals surface area contributed by atoms with Crippen LogP contribution in [0.2, 0.25) is 0 Å². The molecule has 2 heterocycles. The predicted octanol–water partition coefficient (Wildman–Crippen LogP) is 3.32. The molecule has 2 aromatic rings. The molecule has 0 saturated heterocycles. The Balaban J connectivity index is 2.15. The predicted molar refractivity (Wildman–Crippen MR) is 83.1 cm³/mol. The third kappa shape index (κ3) is 3.88. The van der Waals surface area contributed by atoms with Crippen molar-refractivity contribution in [1.29, 1.82) is 0 Å². The lowest BCUT2D eigenvalue weighted by Gasteiger charge is -2.20. The summed E-state index contributed by atoms with van der Waals surface area (Å²) >= 11 is 0. The van der Waals surface area contributed by atoms with E-state index in [-0.39, 0.29) is 5.92 Å². The Morgan fingerprint density at radius 3 is 2.71 bits per heavy atom. The van der Waals surface area contributed by atoms with E-state index in [9.17, 15) is 0 Å². The molecule has 0 aromatic carbocycles. The number of nitrogens with zero attached hydrogens (tertiary/aromatic N) is 3. The van der Waals surface area contributed by atoms with Gasteiger partial charge in [-0.15, -0.1) is 0 Å². The minimum Gasteiger partial charge on any atom is -0.339 e. The first-order valence-corrected chi connectivity index (χ1v) is 7.66. The fourth-order valence-electron chi connectivity index (χ4n) is 2.37. The van der Waals surface area contributed by atoms with Crippen molar-refractivity contribution in [2.45, 2.75) is 52.5 Å². The minimum atomic E-state index is 0.188. The number of pyridine rings is 1. The Morgan fingerprint density at radius 2 is 2.05 bits per heavy atom. The molecule has 5 heteroatoms. The van der Waals surface area contributed by atoms with E-state index in [0.717, 1.165) is 30.8 Å². The second kappa shape index (κ2) is 7.31. The van der Waals surface area contributed by atoms with E-state index in [1.165, 1.54) is 0 Å². The standard InChI is InChI=1S/C16H24N4O/c1-5-10-17-13(6-2)12(4)16-19-15(20-21-16)14-9-7-8-11(3)18-14/h7-9,12-13,17H,5-6,10H2,1-4H3. The summed E-state index contributed by atoms with van der Waals surface area (Å²) in [6.45, 7) is 9.41. The molecule has 0 aliphatic heterocycles. The maximum absolute atomic E-state index is 5.44. The smallest absolute Gasteiger partial charge is 0.231 e. The van der Waals surface area contributed by atoms with Crippen molar-refractivity contribution in [3.05, 3.63) is 29.8 Å². The normalized spacial score (nSPS) is 14.1. The quantitative estimate of drug-likeness (QED) is 0.846. The van der Waals surface area contributed by atoms with Crippen molar-refractivity contribution in [2.75, 3.05) is 6.54 Å². The first kappa shape index (κ1) is 15.6. The first-order chi connectivity index (χ1) is 10.2. The molecule has 0 saturated carbocycles. The van der Waals surface area contributed by atoms with Crippen LogP contribution in [0.5, 0.6) is 0 Å². The maximum atomic E-state index is 5.44. The van der Waals surface area contributed by atoms with Crippen molar-refractivity contribution >= 4 is 0 Å². The van der Waals surface area contributed by atoms with E-state index < -0.39 is 0 Å². The molecule has 5 nitrogen and oxygen atoms in total. The van der Waals surface area contributed by atoms with Crippen molar-refractivity contribution in [3.63, 3.8) is 0 Å². The topological polar surface area (TPSA) is 63.8 Å². The summed E-state index contributed by atoms with van der Waals surface area (Å²) in [5, 5.41) is 7.60. The molecular weight excluding hydrogens is 264 g/mol. The van der Waals surface area contributed by atoms with Gasteiger partial charge < -0.3 is 9.84 Å². The molecule has 2 rings (SSSR count). The monoisotopic (exact) mass is 288 g/mol. The highest BCUT2D eigenvalue weighted by Crippen LogP contribution is 2.22. The Hall–Kier alpha value is -1.75. The summed E-state index contributed by atoms with van der Waals surface area (Å²) in [6, 6.07) is 6.16. The zero-order chi connectivity index (χ0) is 15.2. The van der Waals surface area contributed by atoms with Crippen LogP contribution in [0.1, 0.15) is 51.1 Å². The summed E-state index contributed by atoms with van der Waals surface area (Å²) < 4.78 is 5.44. The van der Waals surface area contributed by atoms with Crippen LogP contribution in [0.15, 0.2) is 22.7 Å². The lowest BCUT2D eigenvalue weighted by Crippen LogP contribution is -2.33. The largest absolute Gasteiger partial charge is 0.339 e. The molecule has 0 radical (unpaired) electrons. The number of hydrogen-bond acceptors (Lipinski definition) is 5. The molecule has 21 heavy (non-hydrogen) atoms. The summed E-state index contributed by atoms with van der Waals surface area (Å²) in [7, 11) is 0. The first-order valence-electron chi connectivity index (χ1n) is 7.66. The average molecular weight is 288 g/mol. The summed E-state index contributed by atoms with van der Waals surface area (Å²) in [5.41, 5.74) is 1.70. The number of aromatic nitrogens is 3. The molecule has 2 aromatic heterocycles. The molecule has 0 amide bonds. The van der Waals surface area contributed by atoms with Crippen LogP contribution in [-0.2, 0) is 0 Å². The number of aryl methyl sites for hydroxylation is 1. The van der Waals surface area contributed by atoms with Gasteiger partial charge in [0.05, 0.1) is 5.92 Å². The van der Waals surface area contributed by atoms with Crippen molar-refractivity contribution < 1.29 is 4.52 Å². The lowest BCUT2D eigenvalue weighted by atomic mass is 9.99. The Bertz CT molecular complexity index is 567. The SMILES string of the molecule is CCCNC(CC)C(C)c1nc(-c2cccc(C)n2)no1. The molecule has 2 unspecified atom stereocenters. The van der Waals surface area contributed by atoms with Crippen LogP contribution in [-0.4, -0.2) is 27.7 Å². The molecular formula is C16H24N4O. The van der Waals surface area contributed by atoms with Crippen molar-refractivity contribution in [2.24, 2.45) is 0 Å². The summed E-state index contributed by atoms with van der Waals surface area (Å²) in [4.78, 5) is 8.95. The summed E-state index contributed by atoms with van der Waals surface area (Å²) in [5.74, 6) is 1.42. The fraction of sp³-hybridized carbons (Fsp3) is 0.562. The third-order valence-electron chi connectivity index (χ3n) is 3.65. The molecule has 0 bridgehead atoms. The molecule has 114 valence electrons. The minimum absolute atomic E-state index is 0.188. The highest BCUT2D eigenvalue weighted by atomic mass is 16.5. The van der Waals surface area contributed by atoms with Gasteiger partial charge in [0.2, 0.25) is 11.7 Å². The third-order valence-corrected chi connectivity index (χ3v) is 3.65.